The number of hydrogen-bond acceptors (Lipinski definition) is 16. The molecule has 17 heterocycles. The number of carboxylic acid groups (broad SMARTS) is 1. The van der Waals surface area contributed by atoms with Gasteiger partial charge in [0.1, 0.15) is 0 Å². The number of aromatic nitrogens is 14. The number of nitrogens with zero attached hydrogens (tertiary/aromatic N) is 17. The van der Waals surface area contributed by atoms with Gasteiger partial charge in [-0.05, 0) is 104 Å². The molecule has 0 unspecified atom stereocenters. The summed E-state index contributed by atoms with van der Waals surface area (Å²) in [6.07, 6.45) is 13.3. The Labute approximate surface area is 643 Å². The Hall–Kier alpha value is -10.3. The van der Waals surface area contributed by atoms with E-state index in [1.807, 2.05) is 44.1 Å². The fourth-order valence-electron chi connectivity index (χ4n) is 15.9. The van der Waals surface area contributed by atoms with Crippen molar-refractivity contribution in [3.05, 3.63) is 162 Å². The Morgan fingerprint density at radius 1 is 0.355 bits per heavy atom. The van der Waals surface area contributed by atoms with Crippen LogP contribution in [0.4, 0.5) is 14.4 Å². The minimum absolute atomic E-state index is 0.0207. The zero-order valence-electron chi connectivity index (χ0n) is 66.2. The third kappa shape index (κ3) is 18.3. The van der Waals surface area contributed by atoms with Crippen molar-refractivity contribution in [1.82, 2.24) is 121 Å². The van der Waals surface area contributed by atoms with Crippen LogP contribution in [0.5, 0.6) is 0 Å². The topological polar surface area (TPSA) is 362 Å². The number of aliphatic carboxylic acids is 1. The number of piperazine rings is 1. The zero-order chi connectivity index (χ0) is 78.0. The van der Waals surface area contributed by atoms with Gasteiger partial charge in [0.25, 0.3) is 11.8 Å². The van der Waals surface area contributed by atoms with E-state index in [1.54, 1.807) is 49.1 Å². The normalized spacial score (nSPS) is 16.9. The molecule has 0 saturated carbocycles. The summed E-state index contributed by atoms with van der Waals surface area (Å²) < 4.78 is 0. The van der Waals surface area contributed by atoms with Crippen molar-refractivity contribution in [2.45, 2.75) is 229 Å². The standard InChI is InChI=1S/2C14H16N4O.C14H22N4O.C13H21N5O.C13H20N4O.C11H17N3O2/c1-9(2)13-11-7-18(8-12(11)16-17-13)14(19)10-3-5-15-6-4-10;1-9(2)13-11-7-18(8-12(11)16-17-13)14(19)10-4-3-5-15-6-10;1-10(2)13-11-8-18(9-12(11)15-16-13)14(19)17-6-4-3-5-7-17;1-9(2)12-10-7-18(8-11(10)15-16-12)13(19)17-5-3-14-4-6-17;1-9(2)12-10-7-17(8-11(10)14-15-12)13(18)16-5-3-4-6-16;1-7(2)11-8-3-4-14(6-10(15)16)5-9(8)12-13-11/h2*3-6,9H,7-8H2,1-2H3,(H,16,17);10H,3-9H2,1-2H3,(H,15,16);9,14H,3-8H2,1-2H3,(H,15,16);9H,3-8H2,1-2H3,(H,14,15);7H,3-6H2,1-2H3,(H,12,13)(H,15,16). The van der Waals surface area contributed by atoms with Crippen LogP contribution < -0.4 is 5.32 Å². The first-order valence-corrected chi connectivity index (χ1v) is 39.4. The van der Waals surface area contributed by atoms with Crippen LogP contribution >= 0.6 is 0 Å². The highest BCUT2D eigenvalue weighted by atomic mass is 16.4. The molecule has 8 aromatic heterocycles. The van der Waals surface area contributed by atoms with Gasteiger partial charge in [-0.25, -0.2) is 14.4 Å². The number of hydrogen-bond donors (Lipinski definition) is 8. The van der Waals surface area contributed by atoms with Crippen LogP contribution in [0.25, 0.3) is 0 Å². The Bertz CT molecular complexity index is 4250. The van der Waals surface area contributed by atoms with Gasteiger partial charge in [0.05, 0.1) is 146 Å². The second-order valence-electron chi connectivity index (χ2n) is 31.9. The number of pyridine rings is 2. The van der Waals surface area contributed by atoms with Crippen LogP contribution in [0.1, 0.15) is 273 Å². The molecule has 3 fully saturated rings. The maximum atomic E-state index is 12.5. The molecular formula is C79H112N24O7. The molecule has 17 rings (SSSR count). The van der Waals surface area contributed by atoms with E-state index in [9.17, 15) is 28.8 Å². The summed E-state index contributed by atoms with van der Waals surface area (Å²) in [5.74, 6) is 1.67. The predicted octanol–water partition coefficient (Wildman–Crippen LogP) is 10.5. The molecule has 9 aliphatic rings. The van der Waals surface area contributed by atoms with E-state index in [0.717, 1.165) is 159 Å². The van der Waals surface area contributed by atoms with Crippen LogP contribution in [0.3, 0.4) is 0 Å². The fourth-order valence-corrected chi connectivity index (χ4v) is 15.9. The molecule has 31 heteroatoms. The summed E-state index contributed by atoms with van der Waals surface area (Å²) in [5, 5.41) is 56.4. The highest BCUT2D eigenvalue weighted by Crippen LogP contribution is 2.35. The van der Waals surface area contributed by atoms with Crippen LogP contribution in [0, 0.1) is 0 Å². The molecule has 110 heavy (non-hydrogen) atoms. The lowest BCUT2D eigenvalue weighted by molar-refractivity contribution is -0.138. The number of fused-ring (bicyclic) bond motifs is 6. The molecular weight excluding hydrogens is 1400 g/mol. The first-order valence-electron chi connectivity index (χ1n) is 39.4. The molecule has 0 radical (unpaired) electrons. The van der Waals surface area contributed by atoms with Crippen LogP contribution in [-0.4, -0.2) is 222 Å². The van der Waals surface area contributed by atoms with Crippen LogP contribution in [0.2, 0.25) is 0 Å². The molecule has 0 atom stereocenters. The monoisotopic (exact) mass is 1510 g/mol. The van der Waals surface area contributed by atoms with Gasteiger partial charge in [-0.2, -0.15) is 30.6 Å². The van der Waals surface area contributed by atoms with Gasteiger partial charge in [0.2, 0.25) is 0 Å². The lowest BCUT2D eigenvalue weighted by Crippen LogP contribution is -2.50. The van der Waals surface area contributed by atoms with E-state index >= 15 is 0 Å². The number of piperidine rings is 1. The van der Waals surface area contributed by atoms with Gasteiger partial charge in [0.15, 0.2) is 0 Å². The number of nitrogens with one attached hydrogen (secondary N) is 7. The maximum absolute atomic E-state index is 12.5. The lowest BCUT2D eigenvalue weighted by Gasteiger charge is -2.31. The molecule has 0 spiro atoms. The van der Waals surface area contributed by atoms with Crippen molar-refractivity contribution in [3.8, 4) is 0 Å². The molecule has 8 N–H and O–H groups in total. The van der Waals surface area contributed by atoms with Crippen LogP contribution in [-0.2, 0) is 83.2 Å². The number of H-pyrrole nitrogens is 6. The molecule has 0 aliphatic carbocycles. The van der Waals surface area contributed by atoms with E-state index in [-0.39, 0.29) is 36.5 Å². The predicted molar refractivity (Wildman–Crippen MR) is 413 cm³/mol. The summed E-state index contributed by atoms with van der Waals surface area (Å²) in [6.45, 7) is 40.8. The lowest BCUT2D eigenvalue weighted by atomic mass is 9.98. The van der Waals surface area contributed by atoms with Crippen molar-refractivity contribution in [2.24, 2.45) is 0 Å². The van der Waals surface area contributed by atoms with Crippen molar-refractivity contribution in [1.29, 1.82) is 0 Å². The number of amides is 8. The number of urea groups is 3. The smallest absolute Gasteiger partial charge is 0.320 e. The molecule has 0 aromatic carbocycles. The highest BCUT2D eigenvalue weighted by molar-refractivity contribution is 5.95. The van der Waals surface area contributed by atoms with Crippen molar-refractivity contribution in [2.75, 3.05) is 65.4 Å². The number of carbonyl (C=O) groups is 6. The zero-order valence-corrected chi connectivity index (χ0v) is 66.2. The minimum Gasteiger partial charge on any atom is -0.480 e. The first-order chi connectivity index (χ1) is 52.9. The maximum Gasteiger partial charge on any atom is 0.320 e. The van der Waals surface area contributed by atoms with Crippen molar-refractivity contribution < 1.29 is 33.9 Å². The average molecular weight is 1510 g/mol. The number of carboxylic acids is 1. The summed E-state index contributed by atoms with van der Waals surface area (Å²) in [5.41, 5.74) is 21.8. The quantitative estimate of drug-likeness (QED) is 0.0630. The fraction of sp³-hybridized carbons (Fsp3) is 0.570. The van der Waals surface area contributed by atoms with E-state index in [4.69, 9.17) is 5.11 Å². The molecule has 0 bridgehead atoms. The Morgan fingerprint density at radius 3 is 1.04 bits per heavy atom. The molecule has 9 aliphatic heterocycles. The molecule has 3 saturated heterocycles. The molecule has 8 amide bonds. The van der Waals surface area contributed by atoms with E-state index in [0.29, 0.717) is 119 Å². The number of aromatic amines is 6. The van der Waals surface area contributed by atoms with E-state index < -0.39 is 5.97 Å². The largest absolute Gasteiger partial charge is 0.480 e. The average Bonchev–Trinajstić information content (AvgIpc) is 1.67. The van der Waals surface area contributed by atoms with E-state index in [1.165, 1.54) is 39.8 Å². The second-order valence-corrected chi connectivity index (χ2v) is 31.9. The van der Waals surface area contributed by atoms with Gasteiger partial charge in [-0.1, -0.05) is 83.1 Å². The number of likely N-dealkylation sites (tertiary alicyclic amines) is 2. The third-order valence-corrected chi connectivity index (χ3v) is 21.7. The Balaban J connectivity index is 0.000000123. The second kappa shape index (κ2) is 35.6. The Morgan fingerprint density at radius 2 is 0.682 bits per heavy atom. The summed E-state index contributed by atoms with van der Waals surface area (Å²) in [4.78, 5) is 97.8. The molecule has 590 valence electrons. The third-order valence-electron chi connectivity index (χ3n) is 21.7. The van der Waals surface area contributed by atoms with Gasteiger partial charge >= 0.3 is 24.1 Å². The van der Waals surface area contributed by atoms with Gasteiger partial charge in [0, 0.05) is 124 Å². The number of rotatable bonds is 10. The van der Waals surface area contributed by atoms with Gasteiger partial charge < -0.3 is 49.6 Å². The van der Waals surface area contributed by atoms with Gasteiger partial charge in [-0.3, -0.25) is 59.8 Å². The van der Waals surface area contributed by atoms with E-state index in [2.05, 4.69) is 160 Å². The van der Waals surface area contributed by atoms with Crippen LogP contribution in [0.15, 0.2) is 49.1 Å². The minimum atomic E-state index is -0.771. The molecule has 8 aromatic rings. The highest BCUT2D eigenvalue weighted by Gasteiger charge is 2.37. The summed E-state index contributed by atoms with van der Waals surface area (Å²) in [6, 6.07) is 7.60. The molecule has 31 nitrogen and oxygen atoms in total. The first kappa shape index (κ1) is 79.3. The summed E-state index contributed by atoms with van der Waals surface area (Å²) >= 11 is 0. The van der Waals surface area contributed by atoms with Gasteiger partial charge in [-0.15, -0.1) is 0 Å². The SMILES string of the molecule is CC(C)c1n[nH]c2c1CCN(CC(=O)O)C2.CC(C)c1n[nH]c2c1CN(C(=O)N1CCCC1)C2.CC(C)c1n[nH]c2c1CN(C(=O)N1CCCCC1)C2.CC(C)c1n[nH]c2c1CN(C(=O)N1CCNCC1)C2.CC(C)c1n[nH]c2c1CN(C(=O)c1cccnc1)C2.CC(C)c1n[nH]c2c1CN(C(=O)c1ccncc1)C2. The van der Waals surface area contributed by atoms with Crippen molar-refractivity contribution >= 4 is 35.9 Å². The number of carbonyl (C=O) groups excluding carboxylic acids is 5. The van der Waals surface area contributed by atoms with Crippen molar-refractivity contribution in [3.63, 3.8) is 0 Å². The Kier molecular flexibility index (Phi) is 25.6. The summed E-state index contributed by atoms with van der Waals surface area (Å²) in [7, 11) is 0.